The molecule has 12 heteroatoms. The van der Waals surface area contributed by atoms with Crippen LogP contribution in [0.15, 0.2) is 47.6 Å². The minimum Gasteiger partial charge on any atom is -0.325 e. The Labute approximate surface area is 203 Å². The van der Waals surface area contributed by atoms with Gasteiger partial charge in [-0.25, -0.2) is 27.9 Å². The predicted molar refractivity (Wildman–Crippen MR) is 128 cm³/mol. The van der Waals surface area contributed by atoms with Crippen LogP contribution in [0.25, 0.3) is 0 Å². The van der Waals surface area contributed by atoms with E-state index >= 15 is 0 Å². The van der Waals surface area contributed by atoms with Gasteiger partial charge in [-0.1, -0.05) is 20.8 Å². The van der Waals surface area contributed by atoms with Crippen molar-refractivity contribution in [1.82, 2.24) is 20.2 Å². The number of benzene rings is 1. The lowest BCUT2D eigenvalue weighted by atomic mass is 9.64. The van der Waals surface area contributed by atoms with E-state index in [1.54, 1.807) is 6.07 Å². The van der Waals surface area contributed by atoms with Gasteiger partial charge in [0.25, 0.3) is 15.9 Å². The topological polar surface area (TPSA) is 150 Å². The van der Waals surface area contributed by atoms with Gasteiger partial charge in [-0.2, -0.15) is 0 Å². The molecule has 11 nitrogen and oxygen atoms in total. The summed E-state index contributed by atoms with van der Waals surface area (Å²) >= 11 is 0. The van der Waals surface area contributed by atoms with Crippen molar-refractivity contribution in [2.75, 3.05) is 16.6 Å². The lowest BCUT2D eigenvalue weighted by molar-refractivity contribution is -0.136. The minimum absolute atomic E-state index is 0.0481. The zero-order valence-electron chi connectivity index (χ0n) is 19.7. The highest BCUT2D eigenvalue weighted by Crippen LogP contribution is 2.46. The lowest BCUT2D eigenvalue weighted by Crippen LogP contribution is -2.54. The number of urea groups is 1. The van der Waals surface area contributed by atoms with Crippen molar-refractivity contribution < 1.29 is 22.8 Å². The molecule has 186 valence electrons. The van der Waals surface area contributed by atoms with E-state index in [9.17, 15) is 22.8 Å². The van der Waals surface area contributed by atoms with E-state index in [0.29, 0.717) is 18.5 Å². The normalized spacial score (nSPS) is 23.7. The summed E-state index contributed by atoms with van der Waals surface area (Å²) in [6.07, 6.45) is 4.83. The summed E-state index contributed by atoms with van der Waals surface area (Å²) in [7, 11) is -3.92. The third-order valence-electron chi connectivity index (χ3n) is 6.17. The number of nitrogens with zero attached hydrogens (tertiary/aromatic N) is 3. The van der Waals surface area contributed by atoms with E-state index in [-0.39, 0.29) is 28.1 Å². The van der Waals surface area contributed by atoms with Crippen molar-refractivity contribution in [3.05, 3.63) is 42.7 Å². The quantitative estimate of drug-likeness (QED) is 0.515. The first-order valence-electron chi connectivity index (χ1n) is 11.2. The third-order valence-corrected chi connectivity index (χ3v) is 7.51. The minimum atomic E-state index is -3.92. The maximum absolute atomic E-state index is 13.2. The van der Waals surface area contributed by atoms with Gasteiger partial charge in [0, 0.05) is 18.1 Å². The SMILES string of the molecule is CC1CC(C)(C)CC2(C1)NC(=O)N(CC(=O)Nc1ccc(S(=O)(=O)Nc3ncccn3)cc1)C2=O. The monoisotopic (exact) mass is 500 g/mol. The van der Waals surface area contributed by atoms with Gasteiger partial charge in [-0.3, -0.25) is 14.5 Å². The zero-order valence-corrected chi connectivity index (χ0v) is 20.6. The second kappa shape index (κ2) is 8.91. The summed E-state index contributed by atoms with van der Waals surface area (Å²) in [5.74, 6) is -0.755. The van der Waals surface area contributed by atoms with Gasteiger partial charge in [0.05, 0.1) is 4.90 Å². The van der Waals surface area contributed by atoms with Crippen LogP contribution in [0, 0.1) is 11.3 Å². The van der Waals surface area contributed by atoms with Crippen LogP contribution in [-0.2, 0) is 19.6 Å². The molecule has 1 saturated carbocycles. The number of rotatable bonds is 6. The number of imide groups is 1. The Morgan fingerprint density at radius 2 is 1.80 bits per heavy atom. The largest absolute Gasteiger partial charge is 0.325 e. The number of nitrogens with one attached hydrogen (secondary N) is 3. The molecule has 3 N–H and O–H groups in total. The maximum Gasteiger partial charge on any atom is 0.325 e. The molecule has 4 amide bonds. The number of hydrogen-bond acceptors (Lipinski definition) is 7. The fourth-order valence-corrected chi connectivity index (χ4v) is 6.20. The van der Waals surface area contributed by atoms with Crippen LogP contribution in [0.4, 0.5) is 16.4 Å². The van der Waals surface area contributed by atoms with E-state index in [4.69, 9.17) is 0 Å². The number of carbonyl (C=O) groups is 3. The molecular formula is C23H28N6O5S. The summed E-state index contributed by atoms with van der Waals surface area (Å²) in [6.45, 7) is 5.77. The Kier molecular flexibility index (Phi) is 6.26. The molecule has 1 aromatic carbocycles. The zero-order chi connectivity index (χ0) is 25.4. The number of aromatic nitrogens is 2. The van der Waals surface area contributed by atoms with Crippen LogP contribution in [-0.4, -0.2) is 53.2 Å². The Morgan fingerprint density at radius 1 is 1.14 bits per heavy atom. The van der Waals surface area contributed by atoms with Crippen molar-refractivity contribution in [3.8, 4) is 0 Å². The van der Waals surface area contributed by atoms with E-state index < -0.39 is 34.0 Å². The highest BCUT2D eigenvalue weighted by Gasteiger charge is 2.56. The summed E-state index contributed by atoms with van der Waals surface area (Å²) in [6, 6.07) is 6.44. The highest BCUT2D eigenvalue weighted by atomic mass is 32.2. The first kappa shape index (κ1) is 24.6. The predicted octanol–water partition coefficient (Wildman–Crippen LogP) is 2.35. The van der Waals surface area contributed by atoms with E-state index in [1.807, 2.05) is 0 Å². The average molecular weight is 501 g/mol. The number of carbonyl (C=O) groups excluding carboxylic acids is 3. The Morgan fingerprint density at radius 3 is 2.43 bits per heavy atom. The van der Waals surface area contributed by atoms with Gasteiger partial charge in [0.2, 0.25) is 11.9 Å². The standard InChI is InChI=1S/C23H28N6O5S/c1-15-11-22(2,3)14-23(12-15)19(31)29(21(32)27-23)13-18(30)26-16-5-7-17(8-6-16)35(33,34)28-20-24-9-4-10-25-20/h4-10,15H,11-14H2,1-3H3,(H,26,30)(H,27,32)(H,24,25,28). The molecule has 2 heterocycles. The molecule has 4 rings (SSSR count). The first-order chi connectivity index (χ1) is 16.4. The lowest BCUT2D eigenvalue weighted by Gasteiger charge is -2.43. The first-order valence-corrected chi connectivity index (χ1v) is 12.7. The fourth-order valence-electron chi connectivity index (χ4n) is 5.24. The molecule has 35 heavy (non-hydrogen) atoms. The van der Waals surface area contributed by atoms with Crippen molar-refractivity contribution in [2.45, 2.75) is 50.5 Å². The molecular weight excluding hydrogens is 472 g/mol. The summed E-state index contributed by atoms with van der Waals surface area (Å²) in [5, 5.41) is 5.44. The Balaban J connectivity index is 1.40. The smallest absolute Gasteiger partial charge is 0.325 e. The van der Waals surface area contributed by atoms with Crippen LogP contribution >= 0.6 is 0 Å². The average Bonchev–Trinajstić information content (AvgIpc) is 2.96. The number of hydrogen-bond donors (Lipinski definition) is 3. The van der Waals surface area contributed by atoms with Crippen molar-refractivity contribution in [1.29, 1.82) is 0 Å². The third kappa shape index (κ3) is 5.26. The van der Waals surface area contributed by atoms with Crippen molar-refractivity contribution in [3.63, 3.8) is 0 Å². The summed E-state index contributed by atoms with van der Waals surface area (Å²) in [4.78, 5) is 47.0. The van der Waals surface area contributed by atoms with Crippen molar-refractivity contribution >= 4 is 39.5 Å². The Bertz CT molecular complexity index is 1250. The molecule has 2 fully saturated rings. The van der Waals surface area contributed by atoms with Crippen LogP contribution < -0.4 is 15.4 Å². The number of anilines is 2. The van der Waals surface area contributed by atoms with Gasteiger partial charge in [0.15, 0.2) is 0 Å². The van der Waals surface area contributed by atoms with Gasteiger partial charge in [-0.15, -0.1) is 0 Å². The summed E-state index contributed by atoms with van der Waals surface area (Å²) in [5.41, 5.74) is -0.772. The van der Waals surface area contributed by atoms with E-state index in [1.165, 1.54) is 36.7 Å². The van der Waals surface area contributed by atoms with E-state index in [2.05, 4.69) is 46.1 Å². The molecule has 1 saturated heterocycles. The van der Waals surface area contributed by atoms with Gasteiger partial charge in [0.1, 0.15) is 12.1 Å². The fraction of sp³-hybridized carbons (Fsp3) is 0.435. The van der Waals surface area contributed by atoms with Gasteiger partial charge in [-0.05, 0) is 60.9 Å². The van der Waals surface area contributed by atoms with Crippen LogP contribution in [0.3, 0.4) is 0 Å². The summed E-state index contributed by atoms with van der Waals surface area (Å²) < 4.78 is 27.2. The van der Waals surface area contributed by atoms with Gasteiger partial charge >= 0.3 is 6.03 Å². The molecule has 1 aliphatic heterocycles. The maximum atomic E-state index is 13.2. The van der Waals surface area contributed by atoms with E-state index in [0.717, 1.165) is 11.3 Å². The molecule has 1 aliphatic carbocycles. The van der Waals surface area contributed by atoms with Crippen LogP contribution in [0.1, 0.15) is 40.0 Å². The molecule has 2 aliphatic rings. The van der Waals surface area contributed by atoms with Gasteiger partial charge < -0.3 is 10.6 Å². The molecule has 2 unspecified atom stereocenters. The molecule has 2 atom stereocenters. The van der Waals surface area contributed by atoms with Crippen LogP contribution in [0.5, 0.6) is 0 Å². The highest BCUT2D eigenvalue weighted by molar-refractivity contribution is 7.92. The van der Waals surface area contributed by atoms with Crippen molar-refractivity contribution in [2.24, 2.45) is 11.3 Å². The Hall–Kier alpha value is -3.54. The second-order valence-corrected chi connectivity index (χ2v) is 11.7. The molecule has 2 aromatic rings. The second-order valence-electron chi connectivity index (χ2n) is 10.0. The number of sulfonamides is 1. The van der Waals surface area contributed by atoms with Crippen LogP contribution in [0.2, 0.25) is 0 Å². The molecule has 0 radical (unpaired) electrons. The molecule has 0 bridgehead atoms. The molecule has 1 spiro atoms. The molecule has 1 aromatic heterocycles. The number of amides is 4.